The molecule has 1 fully saturated rings. The molecular weight excluding hydrogens is 333 g/mol. The van der Waals surface area contributed by atoms with E-state index < -0.39 is 11.5 Å². The van der Waals surface area contributed by atoms with Gasteiger partial charge < -0.3 is 15.2 Å². The number of benzene rings is 1. The number of amides is 1. The smallest absolute Gasteiger partial charge is 0.336 e. The Morgan fingerprint density at radius 2 is 2.12 bits per heavy atom. The van der Waals surface area contributed by atoms with Crippen LogP contribution in [0.15, 0.2) is 29.6 Å². The van der Waals surface area contributed by atoms with Crippen LogP contribution in [0.3, 0.4) is 0 Å². The van der Waals surface area contributed by atoms with Gasteiger partial charge in [0.2, 0.25) is 0 Å². The Kier molecular flexibility index (Phi) is 4.28. The predicted octanol–water partition coefficient (Wildman–Crippen LogP) is 3.10. The van der Waals surface area contributed by atoms with E-state index in [1.807, 2.05) is 0 Å². The summed E-state index contributed by atoms with van der Waals surface area (Å²) >= 11 is 1.09. The Morgan fingerprint density at radius 1 is 1.38 bits per heavy atom. The molecule has 0 saturated heterocycles. The molecule has 1 heterocycles. The number of nitrogens with one attached hydrogen (secondary N) is 1. The quantitative estimate of drug-likeness (QED) is 0.840. The first kappa shape index (κ1) is 16.4. The van der Waals surface area contributed by atoms with Crippen molar-refractivity contribution in [1.29, 1.82) is 0 Å². The molecule has 5 nitrogen and oxygen atoms in total. The van der Waals surface area contributed by atoms with E-state index in [4.69, 9.17) is 9.84 Å². The lowest BCUT2D eigenvalue weighted by Gasteiger charge is -2.18. The summed E-state index contributed by atoms with van der Waals surface area (Å²) in [6.45, 7) is 0. The van der Waals surface area contributed by atoms with Crippen LogP contribution in [0.1, 0.15) is 38.4 Å². The van der Waals surface area contributed by atoms with Crippen LogP contribution in [0.25, 0.3) is 0 Å². The van der Waals surface area contributed by atoms with Gasteiger partial charge in [-0.2, -0.15) is 0 Å². The number of carboxylic acids is 1. The van der Waals surface area contributed by atoms with E-state index >= 15 is 0 Å². The second-order valence-electron chi connectivity index (χ2n) is 5.87. The van der Waals surface area contributed by atoms with Crippen LogP contribution in [0.2, 0.25) is 0 Å². The maximum absolute atomic E-state index is 13.5. The van der Waals surface area contributed by atoms with Gasteiger partial charge in [0.05, 0.1) is 17.6 Å². The second-order valence-corrected chi connectivity index (χ2v) is 6.78. The Morgan fingerprint density at radius 3 is 2.71 bits per heavy atom. The summed E-state index contributed by atoms with van der Waals surface area (Å²) in [5.41, 5.74) is 0.375. The molecule has 1 saturated carbocycles. The first-order valence-electron chi connectivity index (χ1n) is 7.39. The summed E-state index contributed by atoms with van der Waals surface area (Å²) in [4.78, 5) is 23.6. The lowest BCUT2D eigenvalue weighted by Crippen LogP contribution is -2.38. The monoisotopic (exact) mass is 349 g/mol. The molecule has 2 aromatic rings. The highest BCUT2D eigenvalue weighted by Crippen LogP contribution is 2.41. The van der Waals surface area contributed by atoms with Gasteiger partial charge in [-0.25, -0.2) is 9.18 Å². The molecule has 1 aliphatic rings. The SMILES string of the molecule is COc1ccc(F)cc1CC1(NC(=O)c2cc(C(=O)O)cs2)CC1. The third-order valence-corrected chi connectivity index (χ3v) is 5.00. The average Bonchev–Trinajstić information content (AvgIpc) is 3.10. The average molecular weight is 349 g/mol. The van der Waals surface area contributed by atoms with Crippen molar-refractivity contribution in [3.63, 3.8) is 0 Å². The third-order valence-electron chi connectivity index (χ3n) is 4.07. The molecule has 126 valence electrons. The number of thiophene rings is 1. The van der Waals surface area contributed by atoms with Gasteiger partial charge >= 0.3 is 5.97 Å². The van der Waals surface area contributed by atoms with Crippen molar-refractivity contribution in [3.05, 3.63) is 51.5 Å². The van der Waals surface area contributed by atoms with Crippen LogP contribution in [0.5, 0.6) is 5.75 Å². The fraction of sp³-hybridized carbons (Fsp3) is 0.294. The Bertz CT molecular complexity index is 798. The molecule has 0 bridgehead atoms. The van der Waals surface area contributed by atoms with Crippen LogP contribution in [0, 0.1) is 5.82 Å². The second kappa shape index (κ2) is 6.24. The van der Waals surface area contributed by atoms with E-state index in [1.54, 1.807) is 6.07 Å². The Balaban J connectivity index is 1.73. The van der Waals surface area contributed by atoms with Crippen LogP contribution >= 0.6 is 11.3 Å². The summed E-state index contributed by atoms with van der Waals surface area (Å²) < 4.78 is 18.7. The number of hydrogen-bond acceptors (Lipinski definition) is 4. The van der Waals surface area contributed by atoms with Crippen LogP contribution in [0.4, 0.5) is 4.39 Å². The molecule has 1 amide bonds. The number of halogens is 1. The molecule has 0 radical (unpaired) electrons. The highest BCUT2D eigenvalue weighted by Gasteiger charge is 2.44. The predicted molar refractivity (Wildman–Crippen MR) is 87.4 cm³/mol. The number of aromatic carboxylic acids is 1. The van der Waals surface area contributed by atoms with E-state index in [-0.39, 0.29) is 17.3 Å². The molecule has 1 aliphatic carbocycles. The van der Waals surface area contributed by atoms with Crippen molar-refractivity contribution in [2.24, 2.45) is 0 Å². The van der Waals surface area contributed by atoms with Crippen LogP contribution in [-0.4, -0.2) is 29.6 Å². The van der Waals surface area contributed by atoms with E-state index in [0.717, 1.165) is 24.2 Å². The minimum Gasteiger partial charge on any atom is -0.496 e. The van der Waals surface area contributed by atoms with Gasteiger partial charge in [0, 0.05) is 10.9 Å². The molecule has 0 unspecified atom stereocenters. The molecule has 0 aliphatic heterocycles. The van der Waals surface area contributed by atoms with E-state index in [1.165, 1.54) is 30.7 Å². The van der Waals surface area contributed by atoms with Gasteiger partial charge in [-0.1, -0.05) is 0 Å². The molecule has 24 heavy (non-hydrogen) atoms. The van der Waals surface area contributed by atoms with Crippen LogP contribution < -0.4 is 10.1 Å². The normalized spacial score (nSPS) is 14.9. The highest BCUT2D eigenvalue weighted by atomic mass is 32.1. The van der Waals surface area contributed by atoms with E-state index in [2.05, 4.69) is 5.32 Å². The molecule has 7 heteroatoms. The third kappa shape index (κ3) is 3.41. The number of ether oxygens (including phenoxy) is 1. The summed E-state index contributed by atoms with van der Waals surface area (Å²) in [6, 6.07) is 5.68. The van der Waals surface area contributed by atoms with Gasteiger partial charge in [-0.05, 0) is 49.1 Å². The number of rotatable bonds is 6. The summed E-state index contributed by atoms with van der Waals surface area (Å²) in [7, 11) is 1.52. The molecular formula is C17H16FNO4S. The van der Waals surface area contributed by atoms with Crippen molar-refractivity contribution in [2.45, 2.75) is 24.8 Å². The van der Waals surface area contributed by atoms with Gasteiger partial charge in [0.15, 0.2) is 0 Å². The summed E-state index contributed by atoms with van der Waals surface area (Å²) in [5, 5.41) is 13.3. The molecule has 0 spiro atoms. The van der Waals surface area contributed by atoms with E-state index in [9.17, 15) is 14.0 Å². The summed E-state index contributed by atoms with van der Waals surface area (Å²) in [6.07, 6.45) is 2.04. The molecule has 3 rings (SSSR count). The number of carbonyl (C=O) groups is 2. The minimum atomic E-state index is -1.06. The zero-order valence-corrected chi connectivity index (χ0v) is 13.8. The van der Waals surface area contributed by atoms with Crippen molar-refractivity contribution in [2.75, 3.05) is 7.11 Å². The van der Waals surface area contributed by atoms with Crippen molar-refractivity contribution in [1.82, 2.24) is 5.32 Å². The van der Waals surface area contributed by atoms with Crippen molar-refractivity contribution in [3.8, 4) is 5.75 Å². The number of hydrogen-bond donors (Lipinski definition) is 2. The number of methoxy groups -OCH3 is 1. The van der Waals surface area contributed by atoms with Gasteiger partial charge in [0.25, 0.3) is 5.91 Å². The largest absolute Gasteiger partial charge is 0.496 e. The molecule has 1 aromatic carbocycles. The molecule has 0 atom stereocenters. The van der Waals surface area contributed by atoms with Gasteiger partial charge in [0.1, 0.15) is 11.6 Å². The molecule has 1 aromatic heterocycles. The Labute approximate surface area is 142 Å². The standard InChI is InChI=1S/C17H16FNO4S/c1-23-13-3-2-12(18)6-10(13)8-17(4-5-17)19-15(20)14-7-11(9-24-14)16(21)22/h2-3,6-7,9H,4-5,8H2,1H3,(H,19,20)(H,21,22). The number of carbonyl (C=O) groups excluding carboxylic acids is 1. The van der Waals surface area contributed by atoms with Crippen molar-refractivity contribution < 1.29 is 23.8 Å². The van der Waals surface area contributed by atoms with Crippen LogP contribution in [-0.2, 0) is 6.42 Å². The topological polar surface area (TPSA) is 75.6 Å². The van der Waals surface area contributed by atoms with E-state index in [0.29, 0.717) is 22.6 Å². The first-order chi connectivity index (χ1) is 11.4. The minimum absolute atomic E-state index is 0.0989. The van der Waals surface area contributed by atoms with Gasteiger partial charge in [-0.3, -0.25) is 4.79 Å². The number of carboxylic acid groups (broad SMARTS) is 1. The fourth-order valence-corrected chi connectivity index (χ4v) is 3.39. The lowest BCUT2D eigenvalue weighted by atomic mass is 10.0. The first-order valence-corrected chi connectivity index (χ1v) is 8.27. The zero-order chi connectivity index (χ0) is 17.3. The fourth-order valence-electron chi connectivity index (χ4n) is 2.62. The van der Waals surface area contributed by atoms with Gasteiger partial charge in [-0.15, -0.1) is 11.3 Å². The lowest BCUT2D eigenvalue weighted by molar-refractivity contribution is 0.0697. The van der Waals surface area contributed by atoms with Crippen molar-refractivity contribution >= 4 is 23.2 Å². The zero-order valence-electron chi connectivity index (χ0n) is 13.0. The molecule has 2 N–H and O–H groups in total. The highest BCUT2D eigenvalue weighted by molar-refractivity contribution is 7.12. The maximum Gasteiger partial charge on any atom is 0.336 e. The Hall–Kier alpha value is -2.41. The summed E-state index contributed by atoms with van der Waals surface area (Å²) in [5.74, 6) is -1.13. The maximum atomic E-state index is 13.5.